The Balaban J connectivity index is 2.94. The van der Waals surface area contributed by atoms with Crippen LogP contribution in [-0.2, 0) is 0 Å². The van der Waals surface area contributed by atoms with Gasteiger partial charge < -0.3 is 5.32 Å². The fraction of sp³-hybridized carbons (Fsp3) is 0.667. The molecule has 136 valence electrons. The van der Waals surface area contributed by atoms with Gasteiger partial charge in [-0.3, -0.25) is 4.79 Å². The molecule has 0 fully saturated rings. The molecule has 0 heterocycles. The van der Waals surface area contributed by atoms with E-state index in [2.05, 4.69) is 53.8 Å². The molecule has 1 atom stereocenters. The summed E-state index contributed by atoms with van der Waals surface area (Å²) in [5.41, 5.74) is 0.761. The number of halogens is 1. The molecule has 0 aliphatic carbocycles. The highest BCUT2D eigenvalue weighted by molar-refractivity contribution is 5.94. The van der Waals surface area contributed by atoms with E-state index in [9.17, 15) is 9.18 Å². The lowest BCUT2D eigenvalue weighted by atomic mass is 9.63. The highest BCUT2D eigenvalue weighted by atomic mass is 19.1. The Morgan fingerprint density at radius 3 is 2.04 bits per heavy atom. The number of nitrogens with one attached hydrogen (secondary N) is 1. The lowest BCUT2D eigenvalue weighted by Crippen LogP contribution is -2.44. The van der Waals surface area contributed by atoms with Crippen molar-refractivity contribution in [2.75, 3.05) is 6.54 Å². The monoisotopic (exact) mass is 335 g/mol. The Morgan fingerprint density at radius 1 is 1.08 bits per heavy atom. The van der Waals surface area contributed by atoms with Gasteiger partial charge >= 0.3 is 0 Å². The standard InChI is InChI=1S/C21H34FNO/c1-15(2)12-21(16(3)4,13-20(5,6)7)14-23-19(24)17-8-10-18(22)11-9-17/h8-11,15-16H,12-14H2,1-7H3,(H,23,24). The second-order valence-corrected chi connectivity index (χ2v) is 9.04. The molecular weight excluding hydrogens is 301 g/mol. The number of hydrogen-bond acceptors (Lipinski definition) is 1. The average Bonchev–Trinajstić information content (AvgIpc) is 2.42. The third-order valence-corrected chi connectivity index (χ3v) is 4.63. The molecule has 1 amide bonds. The van der Waals surface area contributed by atoms with Crippen molar-refractivity contribution in [3.63, 3.8) is 0 Å². The molecule has 2 nitrogen and oxygen atoms in total. The van der Waals surface area contributed by atoms with Crippen LogP contribution in [0.3, 0.4) is 0 Å². The Labute approximate surface area is 147 Å². The average molecular weight is 336 g/mol. The SMILES string of the molecule is CC(C)CC(CNC(=O)c1ccc(F)cc1)(CC(C)(C)C)C(C)C. The van der Waals surface area contributed by atoms with Gasteiger partial charge in [0.15, 0.2) is 0 Å². The molecule has 3 heteroatoms. The van der Waals surface area contributed by atoms with E-state index < -0.39 is 0 Å². The van der Waals surface area contributed by atoms with Gasteiger partial charge in [-0.2, -0.15) is 0 Å². The Hall–Kier alpha value is -1.38. The molecule has 1 aromatic carbocycles. The van der Waals surface area contributed by atoms with Crippen LogP contribution in [0, 0.1) is 28.5 Å². The van der Waals surface area contributed by atoms with Crippen molar-refractivity contribution in [2.45, 2.75) is 61.3 Å². The zero-order chi connectivity index (χ0) is 18.5. The van der Waals surface area contributed by atoms with Crippen LogP contribution in [0.4, 0.5) is 4.39 Å². The molecule has 0 aromatic heterocycles. The zero-order valence-corrected chi connectivity index (χ0v) is 16.4. The van der Waals surface area contributed by atoms with E-state index in [0.717, 1.165) is 12.8 Å². The highest BCUT2D eigenvalue weighted by Gasteiger charge is 2.38. The number of rotatable bonds is 7. The van der Waals surface area contributed by atoms with Gasteiger partial charge in [0, 0.05) is 12.1 Å². The highest BCUT2D eigenvalue weighted by Crippen LogP contribution is 2.44. The van der Waals surface area contributed by atoms with Gasteiger partial charge in [0.1, 0.15) is 5.82 Å². The van der Waals surface area contributed by atoms with E-state index in [4.69, 9.17) is 0 Å². The normalized spacial score (nSPS) is 14.8. The maximum absolute atomic E-state index is 13.0. The van der Waals surface area contributed by atoms with E-state index in [-0.39, 0.29) is 22.6 Å². The third kappa shape index (κ3) is 6.26. The quantitative estimate of drug-likeness (QED) is 0.682. The first-order chi connectivity index (χ1) is 10.9. The Bertz CT molecular complexity index is 528. The maximum Gasteiger partial charge on any atom is 0.251 e. The van der Waals surface area contributed by atoms with E-state index in [1.807, 2.05) is 0 Å². The third-order valence-electron chi connectivity index (χ3n) is 4.63. The van der Waals surface area contributed by atoms with Crippen LogP contribution in [0.25, 0.3) is 0 Å². The second kappa shape index (κ2) is 8.13. The Morgan fingerprint density at radius 2 is 1.62 bits per heavy atom. The number of amides is 1. The molecule has 0 aliphatic rings. The van der Waals surface area contributed by atoms with E-state index >= 15 is 0 Å². The first-order valence-electron chi connectivity index (χ1n) is 8.99. The molecule has 0 radical (unpaired) electrons. The van der Waals surface area contributed by atoms with Crippen LogP contribution in [-0.4, -0.2) is 12.5 Å². The summed E-state index contributed by atoms with van der Waals surface area (Å²) in [6.45, 7) is 16.4. The number of carbonyl (C=O) groups excluding carboxylic acids is 1. The van der Waals surface area contributed by atoms with Crippen molar-refractivity contribution in [3.05, 3.63) is 35.6 Å². The fourth-order valence-electron chi connectivity index (χ4n) is 3.68. The number of hydrogen-bond donors (Lipinski definition) is 1. The topological polar surface area (TPSA) is 29.1 Å². The van der Waals surface area contributed by atoms with Crippen LogP contribution in [0.5, 0.6) is 0 Å². The Kier molecular flexibility index (Phi) is 7.00. The van der Waals surface area contributed by atoms with Crippen molar-refractivity contribution in [1.29, 1.82) is 0 Å². The van der Waals surface area contributed by atoms with Crippen LogP contribution in [0.2, 0.25) is 0 Å². The van der Waals surface area contributed by atoms with Crippen LogP contribution >= 0.6 is 0 Å². The minimum atomic E-state index is -0.324. The van der Waals surface area contributed by atoms with Gasteiger partial charge in [0.05, 0.1) is 0 Å². The van der Waals surface area contributed by atoms with Crippen molar-refractivity contribution in [1.82, 2.24) is 5.32 Å². The lowest BCUT2D eigenvalue weighted by Gasteiger charge is -2.43. The first kappa shape index (κ1) is 20.7. The molecule has 0 bridgehead atoms. The van der Waals surface area contributed by atoms with Gasteiger partial charge in [-0.25, -0.2) is 4.39 Å². The minimum absolute atomic E-state index is 0.0576. The van der Waals surface area contributed by atoms with Crippen LogP contribution in [0.15, 0.2) is 24.3 Å². The van der Waals surface area contributed by atoms with Crippen LogP contribution < -0.4 is 5.32 Å². The van der Waals surface area contributed by atoms with Crippen molar-refractivity contribution in [2.24, 2.45) is 22.7 Å². The molecule has 1 rings (SSSR count). The number of benzene rings is 1. The number of carbonyl (C=O) groups is 1. The summed E-state index contributed by atoms with van der Waals surface area (Å²) in [4.78, 5) is 12.4. The summed E-state index contributed by atoms with van der Waals surface area (Å²) in [6, 6.07) is 5.73. The largest absolute Gasteiger partial charge is 0.351 e. The van der Waals surface area contributed by atoms with Crippen LogP contribution in [0.1, 0.15) is 71.7 Å². The lowest BCUT2D eigenvalue weighted by molar-refractivity contribution is 0.0690. The molecular formula is C21H34FNO. The van der Waals surface area contributed by atoms with Gasteiger partial charge in [-0.1, -0.05) is 48.5 Å². The predicted octanol–water partition coefficient (Wildman–Crippen LogP) is 5.68. The van der Waals surface area contributed by atoms with E-state index in [1.54, 1.807) is 0 Å². The molecule has 1 N–H and O–H groups in total. The van der Waals surface area contributed by atoms with E-state index in [0.29, 0.717) is 23.9 Å². The molecule has 1 unspecified atom stereocenters. The van der Waals surface area contributed by atoms with Gasteiger partial charge in [0.2, 0.25) is 0 Å². The van der Waals surface area contributed by atoms with Gasteiger partial charge in [0.25, 0.3) is 5.91 Å². The second-order valence-electron chi connectivity index (χ2n) is 9.04. The first-order valence-corrected chi connectivity index (χ1v) is 8.99. The minimum Gasteiger partial charge on any atom is -0.351 e. The van der Waals surface area contributed by atoms with Gasteiger partial charge in [-0.05, 0) is 59.8 Å². The molecule has 0 spiro atoms. The smallest absolute Gasteiger partial charge is 0.251 e. The molecule has 0 aliphatic heterocycles. The van der Waals surface area contributed by atoms with Crippen molar-refractivity contribution < 1.29 is 9.18 Å². The van der Waals surface area contributed by atoms with Crippen molar-refractivity contribution in [3.8, 4) is 0 Å². The van der Waals surface area contributed by atoms with E-state index in [1.165, 1.54) is 24.3 Å². The summed E-state index contributed by atoms with van der Waals surface area (Å²) in [6.07, 6.45) is 2.13. The summed E-state index contributed by atoms with van der Waals surface area (Å²) >= 11 is 0. The fourth-order valence-corrected chi connectivity index (χ4v) is 3.68. The summed E-state index contributed by atoms with van der Waals surface area (Å²) < 4.78 is 13.0. The maximum atomic E-state index is 13.0. The van der Waals surface area contributed by atoms with Gasteiger partial charge in [-0.15, -0.1) is 0 Å². The summed E-state index contributed by atoms with van der Waals surface area (Å²) in [5.74, 6) is 0.582. The summed E-state index contributed by atoms with van der Waals surface area (Å²) in [7, 11) is 0. The molecule has 0 saturated carbocycles. The molecule has 0 saturated heterocycles. The predicted molar refractivity (Wildman–Crippen MR) is 99.5 cm³/mol. The zero-order valence-electron chi connectivity index (χ0n) is 16.4. The molecule has 24 heavy (non-hydrogen) atoms. The van der Waals surface area contributed by atoms with Crippen molar-refractivity contribution >= 4 is 5.91 Å². The molecule has 1 aromatic rings. The summed E-state index contributed by atoms with van der Waals surface area (Å²) in [5, 5.41) is 3.11.